The molecular formula is C14H20BrN3O2. The molecule has 0 aromatic heterocycles. The Kier molecular flexibility index (Phi) is 5.51. The molecule has 0 bridgehead atoms. The van der Waals surface area contributed by atoms with Crippen LogP contribution in [0.1, 0.15) is 25.3 Å². The summed E-state index contributed by atoms with van der Waals surface area (Å²) in [6.45, 7) is 6.08. The van der Waals surface area contributed by atoms with Gasteiger partial charge in [0.15, 0.2) is 0 Å². The van der Waals surface area contributed by atoms with Crippen molar-refractivity contribution in [2.75, 3.05) is 19.6 Å². The zero-order valence-electron chi connectivity index (χ0n) is 11.6. The maximum absolute atomic E-state index is 10.9. The molecule has 5 nitrogen and oxygen atoms in total. The van der Waals surface area contributed by atoms with E-state index in [1.165, 1.54) is 19.4 Å². The monoisotopic (exact) mass is 341 g/mol. The molecule has 0 aliphatic carbocycles. The molecule has 1 saturated heterocycles. The van der Waals surface area contributed by atoms with Crippen molar-refractivity contribution in [1.29, 1.82) is 0 Å². The van der Waals surface area contributed by atoms with Crippen LogP contribution in [0.5, 0.6) is 0 Å². The lowest BCUT2D eigenvalue weighted by Crippen LogP contribution is -2.37. The van der Waals surface area contributed by atoms with E-state index >= 15 is 0 Å². The van der Waals surface area contributed by atoms with E-state index in [4.69, 9.17) is 0 Å². The zero-order chi connectivity index (χ0) is 14.5. The highest BCUT2D eigenvalue weighted by atomic mass is 79.9. The third kappa shape index (κ3) is 3.77. The fourth-order valence-electron chi connectivity index (χ4n) is 2.73. The first kappa shape index (κ1) is 15.4. The van der Waals surface area contributed by atoms with Crippen LogP contribution in [0, 0.1) is 10.1 Å². The summed E-state index contributed by atoms with van der Waals surface area (Å²) >= 11 is 3.20. The molecular weight excluding hydrogens is 322 g/mol. The maximum atomic E-state index is 10.9. The molecule has 0 spiro atoms. The van der Waals surface area contributed by atoms with Gasteiger partial charge in [-0.15, -0.1) is 0 Å². The largest absolute Gasteiger partial charge is 0.311 e. The minimum absolute atomic E-state index is 0.125. The van der Waals surface area contributed by atoms with Crippen LogP contribution in [-0.2, 0) is 6.54 Å². The second-order valence-electron chi connectivity index (χ2n) is 5.10. The minimum Gasteiger partial charge on any atom is -0.311 e. The van der Waals surface area contributed by atoms with Gasteiger partial charge in [0, 0.05) is 25.2 Å². The van der Waals surface area contributed by atoms with E-state index in [1.807, 2.05) is 6.07 Å². The Labute approximate surface area is 127 Å². The average molecular weight is 342 g/mol. The summed E-state index contributed by atoms with van der Waals surface area (Å²) < 4.78 is 0.527. The molecule has 1 aliphatic rings. The van der Waals surface area contributed by atoms with Gasteiger partial charge in [-0.1, -0.05) is 13.0 Å². The van der Waals surface area contributed by atoms with E-state index in [2.05, 4.69) is 33.1 Å². The molecule has 2 rings (SSSR count). The Hall–Kier alpha value is -0.980. The molecule has 1 fully saturated rings. The first-order chi connectivity index (χ1) is 9.61. The van der Waals surface area contributed by atoms with Crippen molar-refractivity contribution in [1.82, 2.24) is 10.2 Å². The highest BCUT2D eigenvalue weighted by Gasteiger charge is 2.22. The molecule has 110 valence electrons. The molecule has 20 heavy (non-hydrogen) atoms. The van der Waals surface area contributed by atoms with Crippen LogP contribution < -0.4 is 5.32 Å². The Morgan fingerprint density at radius 2 is 2.35 bits per heavy atom. The lowest BCUT2D eigenvalue weighted by Gasteiger charge is -2.23. The minimum atomic E-state index is -0.358. The highest BCUT2D eigenvalue weighted by Crippen LogP contribution is 2.25. The van der Waals surface area contributed by atoms with Crippen molar-refractivity contribution in [3.8, 4) is 0 Å². The average Bonchev–Trinajstić information content (AvgIpc) is 2.88. The Morgan fingerprint density at radius 1 is 1.55 bits per heavy atom. The maximum Gasteiger partial charge on any atom is 0.283 e. The van der Waals surface area contributed by atoms with Crippen molar-refractivity contribution in [3.05, 3.63) is 38.3 Å². The number of hydrogen-bond donors (Lipinski definition) is 1. The summed E-state index contributed by atoms with van der Waals surface area (Å²) in [7, 11) is 0. The normalized spacial score (nSPS) is 19.4. The van der Waals surface area contributed by atoms with Gasteiger partial charge in [0.1, 0.15) is 0 Å². The van der Waals surface area contributed by atoms with E-state index < -0.39 is 0 Å². The summed E-state index contributed by atoms with van der Waals surface area (Å²) in [5, 5.41) is 14.3. The Morgan fingerprint density at radius 3 is 3.05 bits per heavy atom. The van der Waals surface area contributed by atoms with E-state index in [1.54, 1.807) is 12.1 Å². The van der Waals surface area contributed by atoms with Gasteiger partial charge in [0.25, 0.3) is 5.69 Å². The van der Waals surface area contributed by atoms with Gasteiger partial charge in [0.2, 0.25) is 0 Å². The smallest absolute Gasteiger partial charge is 0.283 e. The van der Waals surface area contributed by atoms with Gasteiger partial charge < -0.3 is 5.32 Å². The van der Waals surface area contributed by atoms with Crippen LogP contribution in [0.3, 0.4) is 0 Å². The quantitative estimate of drug-likeness (QED) is 0.638. The number of nitro benzene ring substituents is 1. The number of halogens is 1. The van der Waals surface area contributed by atoms with Crippen LogP contribution >= 0.6 is 15.9 Å². The molecule has 6 heteroatoms. The van der Waals surface area contributed by atoms with Gasteiger partial charge in [-0.2, -0.15) is 0 Å². The predicted molar refractivity (Wildman–Crippen MR) is 82.8 cm³/mol. The van der Waals surface area contributed by atoms with Gasteiger partial charge in [-0.05, 0) is 53.5 Å². The SMILES string of the molecule is CCN1CCCC1CNCc1ccc(Br)c([N+](=O)[O-])c1. The molecule has 1 aromatic rings. The molecule has 1 N–H and O–H groups in total. The first-order valence-electron chi connectivity index (χ1n) is 6.99. The zero-order valence-corrected chi connectivity index (χ0v) is 13.2. The van der Waals surface area contributed by atoms with Crippen LogP contribution in [-0.4, -0.2) is 35.5 Å². The summed E-state index contributed by atoms with van der Waals surface area (Å²) in [5.74, 6) is 0. The van der Waals surface area contributed by atoms with Crippen LogP contribution in [0.25, 0.3) is 0 Å². The van der Waals surface area contributed by atoms with Crippen molar-refractivity contribution in [3.63, 3.8) is 0 Å². The number of nitrogens with one attached hydrogen (secondary N) is 1. The molecule has 1 atom stereocenters. The third-order valence-electron chi connectivity index (χ3n) is 3.82. The Balaban J connectivity index is 1.88. The van der Waals surface area contributed by atoms with Crippen molar-refractivity contribution in [2.24, 2.45) is 0 Å². The molecule has 1 heterocycles. The summed E-state index contributed by atoms with van der Waals surface area (Å²) in [5.41, 5.74) is 1.07. The van der Waals surface area contributed by atoms with Crippen LogP contribution in [0.2, 0.25) is 0 Å². The molecule has 1 aliphatic heterocycles. The summed E-state index contributed by atoms with van der Waals surface area (Å²) in [4.78, 5) is 13.0. The second kappa shape index (κ2) is 7.15. The van der Waals surface area contributed by atoms with Crippen molar-refractivity contribution >= 4 is 21.6 Å². The number of hydrogen-bond acceptors (Lipinski definition) is 4. The summed E-state index contributed by atoms with van der Waals surface area (Å²) in [6, 6.07) is 5.88. The third-order valence-corrected chi connectivity index (χ3v) is 4.49. The molecule has 0 radical (unpaired) electrons. The predicted octanol–water partition coefficient (Wildman–Crippen LogP) is 2.93. The van der Waals surface area contributed by atoms with Gasteiger partial charge >= 0.3 is 0 Å². The lowest BCUT2D eigenvalue weighted by atomic mass is 10.2. The topological polar surface area (TPSA) is 58.4 Å². The number of nitro groups is 1. The number of benzene rings is 1. The number of likely N-dealkylation sites (N-methyl/N-ethyl adjacent to an activating group) is 1. The van der Waals surface area contributed by atoms with E-state index in [9.17, 15) is 10.1 Å². The number of nitrogens with zero attached hydrogens (tertiary/aromatic N) is 2. The fraction of sp³-hybridized carbons (Fsp3) is 0.571. The van der Waals surface area contributed by atoms with E-state index in [0.29, 0.717) is 17.1 Å². The van der Waals surface area contributed by atoms with Gasteiger partial charge in [-0.3, -0.25) is 15.0 Å². The molecule has 1 aromatic carbocycles. The van der Waals surface area contributed by atoms with Gasteiger partial charge in [-0.25, -0.2) is 0 Å². The van der Waals surface area contributed by atoms with Crippen molar-refractivity contribution < 1.29 is 4.92 Å². The lowest BCUT2D eigenvalue weighted by molar-refractivity contribution is -0.385. The number of rotatable bonds is 6. The highest BCUT2D eigenvalue weighted by molar-refractivity contribution is 9.10. The Bertz CT molecular complexity index is 481. The molecule has 0 amide bonds. The van der Waals surface area contributed by atoms with E-state index in [0.717, 1.165) is 18.7 Å². The first-order valence-corrected chi connectivity index (χ1v) is 7.78. The fourth-order valence-corrected chi connectivity index (χ4v) is 3.13. The van der Waals surface area contributed by atoms with E-state index in [-0.39, 0.29) is 10.6 Å². The van der Waals surface area contributed by atoms with Crippen molar-refractivity contribution in [2.45, 2.75) is 32.4 Å². The summed E-state index contributed by atoms with van der Waals surface area (Å²) in [6.07, 6.45) is 2.51. The van der Waals surface area contributed by atoms with Gasteiger partial charge in [0.05, 0.1) is 9.40 Å². The molecule has 1 unspecified atom stereocenters. The van der Waals surface area contributed by atoms with Crippen LogP contribution in [0.15, 0.2) is 22.7 Å². The van der Waals surface area contributed by atoms with Crippen LogP contribution in [0.4, 0.5) is 5.69 Å². The number of likely N-dealkylation sites (tertiary alicyclic amines) is 1. The molecule has 0 saturated carbocycles. The standard InChI is InChI=1S/C14H20BrN3O2/c1-2-17-7-3-4-12(17)10-16-9-11-5-6-13(15)14(8-11)18(19)20/h5-6,8,12,16H,2-4,7,9-10H2,1H3. The second-order valence-corrected chi connectivity index (χ2v) is 5.95.